The molecule has 0 aliphatic carbocycles. The number of nitrogens with zero attached hydrogens (tertiary/aromatic N) is 6. The predicted molar refractivity (Wildman–Crippen MR) is 108 cm³/mol. The van der Waals surface area contributed by atoms with E-state index in [1.807, 2.05) is 27.7 Å². The topological polar surface area (TPSA) is 115 Å². The fourth-order valence-electron chi connectivity index (χ4n) is 3.30. The standard InChI is InChI=1S/C19H25N7O3/c1-12-15(24-7-9-25(10-8-24)18(27)29-19(2,3)4)22-17(20)26-16(12)21-14(23-26)13-6-5-11-28-13/h5-6,11H,7-10H2,1-4H3,(H2,20,22). The molecule has 0 spiro atoms. The molecule has 3 aromatic rings. The number of hydrogen-bond donors (Lipinski definition) is 1. The molecule has 2 N–H and O–H groups in total. The summed E-state index contributed by atoms with van der Waals surface area (Å²) in [6.45, 7) is 9.88. The third-order valence-electron chi connectivity index (χ3n) is 4.69. The van der Waals surface area contributed by atoms with E-state index in [-0.39, 0.29) is 12.0 Å². The number of anilines is 2. The van der Waals surface area contributed by atoms with Gasteiger partial charge in [-0.3, -0.25) is 0 Å². The van der Waals surface area contributed by atoms with Crippen molar-refractivity contribution in [3.8, 4) is 11.6 Å². The van der Waals surface area contributed by atoms with Gasteiger partial charge in [0, 0.05) is 31.7 Å². The number of carbonyl (C=O) groups excluding carboxylic acids is 1. The Labute approximate surface area is 168 Å². The van der Waals surface area contributed by atoms with Crippen LogP contribution in [-0.2, 0) is 4.74 Å². The zero-order chi connectivity index (χ0) is 20.8. The average molecular weight is 399 g/mol. The van der Waals surface area contributed by atoms with Crippen LogP contribution in [0.2, 0.25) is 0 Å². The van der Waals surface area contributed by atoms with Crippen molar-refractivity contribution in [3.05, 3.63) is 24.0 Å². The molecular weight excluding hydrogens is 374 g/mol. The second-order valence-electron chi connectivity index (χ2n) is 8.02. The number of fused-ring (bicyclic) bond motifs is 1. The van der Waals surface area contributed by atoms with Crippen LogP contribution in [-0.4, -0.2) is 62.4 Å². The molecule has 1 saturated heterocycles. The van der Waals surface area contributed by atoms with E-state index < -0.39 is 5.60 Å². The van der Waals surface area contributed by atoms with Gasteiger partial charge in [-0.1, -0.05) is 0 Å². The molecule has 0 radical (unpaired) electrons. The number of rotatable bonds is 2. The van der Waals surface area contributed by atoms with Crippen molar-refractivity contribution in [3.63, 3.8) is 0 Å². The molecule has 154 valence electrons. The van der Waals surface area contributed by atoms with Crippen LogP contribution in [0.1, 0.15) is 26.3 Å². The quantitative estimate of drug-likeness (QED) is 0.698. The largest absolute Gasteiger partial charge is 0.461 e. The van der Waals surface area contributed by atoms with Crippen molar-refractivity contribution in [2.24, 2.45) is 0 Å². The first-order valence-corrected chi connectivity index (χ1v) is 9.52. The van der Waals surface area contributed by atoms with Crippen molar-refractivity contribution >= 4 is 23.5 Å². The number of aryl methyl sites for hydroxylation is 1. The zero-order valence-electron chi connectivity index (χ0n) is 17.0. The SMILES string of the molecule is Cc1c(N2CCN(C(=O)OC(C)(C)C)CC2)nc(N)n2nc(-c3ccco3)nc12. The first-order chi connectivity index (χ1) is 13.7. The van der Waals surface area contributed by atoms with Gasteiger partial charge < -0.3 is 24.7 Å². The second-order valence-corrected chi connectivity index (χ2v) is 8.02. The predicted octanol–water partition coefficient (Wildman–Crippen LogP) is 2.33. The van der Waals surface area contributed by atoms with Crippen LogP contribution in [0.25, 0.3) is 17.2 Å². The summed E-state index contributed by atoms with van der Waals surface area (Å²) >= 11 is 0. The van der Waals surface area contributed by atoms with Gasteiger partial charge in [0.1, 0.15) is 11.4 Å². The summed E-state index contributed by atoms with van der Waals surface area (Å²) in [6.07, 6.45) is 1.28. The lowest BCUT2D eigenvalue weighted by Crippen LogP contribution is -2.50. The molecule has 0 aromatic carbocycles. The highest BCUT2D eigenvalue weighted by Crippen LogP contribution is 2.26. The smallest absolute Gasteiger partial charge is 0.410 e. The van der Waals surface area contributed by atoms with Gasteiger partial charge in [0.05, 0.1) is 6.26 Å². The van der Waals surface area contributed by atoms with E-state index in [1.165, 1.54) is 4.52 Å². The Hall–Kier alpha value is -3.30. The van der Waals surface area contributed by atoms with Crippen molar-refractivity contribution < 1.29 is 13.9 Å². The number of ether oxygens (including phenoxy) is 1. The van der Waals surface area contributed by atoms with Crippen molar-refractivity contribution in [2.45, 2.75) is 33.3 Å². The average Bonchev–Trinajstić information content (AvgIpc) is 3.33. The molecule has 4 heterocycles. The molecule has 0 atom stereocenters. The Morgan fingerprint density at radius 1 is 1.21 bits per heavy atom. The number of amides is 1. The lowest BCUT2D eigenvalue weighted by Gasteiger charge is -2.36. The lowest BCUT2D eigenvalue weighted by atomic mass is 10.2. The summed E-state index contributed by atoms with van der Waals surface area (Å²) in [6, 6.07) is 3.58. The molecule has 1 fully saturated rings. The van der Waals surface area contributed by atoms with Gasteiger partial charge in [-0.25, -0.2) is 9.78 Å². The summed E-state index contributed by atoms with van der Waals surface area (Å²) in [5.41, 5.74) is 7.15. The molecule has 4 rings (SSSR count). The van der Waals surface area contributed by atoms with Gasteiger partial charge in [-0.15, -0.1) is 5.10 Å². The van der Waals surface area contributed by atoms with Gasteiger partial charge in [0.15, 0.2) is 11.4 Å². The summed E-state index contributed by atoms with van der Waals surface area (Å²) in [7, 11) is 0. The summed E-state index contributed by atoms with van der Waals surface area (Å²) in [5, 5.41) is 4.41. The highest BCUT2D eigenvalue weighted by atomic mass is 16.6. The van der Waals surface area contributed by atoms with Crippen LogP contribution in [0.5, 0.6) is 0 Å². The Morgan fingerprint density at radius 3 is 2.55 bits per heavy atom. The molecule has 1 aliphatic heterocycles. The number of piperazine rings is 1. The van der Waals surface area contributed by atoms with Crippen LogP contribution in [0.15, 0.2) is 22.8 Å². The fraction of sp³-hybridized carbons (Fsp3) is 0.474. The molecule has 1 aliphatic rings. The Kier molecular flexibility index (Phi) is 4.56. The number of nitrogens with two attached hydrogens (primary N) is 1. The molecule has 0 bridgehead atoms. The molecule has 3 aromatic heterocycles. The molecular formula is C19H25N7O3. The van der Waals surface area contributed by atoms with E-state index in [0.717, 1.165) is 11.4 Å². The maximum absolute atomic E-state index is 12.3. The lowest BCUT2D eigenvalue weighted by molar-refractivity contribution is 0.0240. The van der Waals surface area contributed by atoms with Crippen LogP contribution in [0, 0.1) is 6.92 Å². The minimum absolute atomic E-state index is 0.250. The minimum Gasteiger partial charge on any atom is -0.461 e. The molecule has 10 nitrogen and oxygen atoms in total. The highest BCUT2D eigenvalue weighted by Gasteiger charge is 2.28. The van der Waals surface area contributed by atoms with E-state index in [9.17, 15) is 4.79 Å². The Balaban J connectivity index is 1.56. The van der Waals surface area contributed by atoms with Crippen LogP contribution < -0.4 is 10.6 Å². The first kappa shape index (κ1) is 19.0. The van der Waals surface area contributed by atoms with E-state index >= 15 is 0 Å². The van der Waals surface area contributed by atoms with E-state index in [0.29, 0.717) is 43.4 Å². The number of aromatic nitrogens is 4. The second kappa shape index (κ2) is 6.94. The summed E-state index contributed by atoms with van der Waals surface area (Å²) < 4.78 is 12.4. The number of carbonyl (C=O) groups is 1. The van der Waals surface area contributed by atoms with E-state index in [2.05, 4.69) is 20.0 Å². The summed E-state index contributed by atoms with van der Waals surface area (Å²) in [5.74, 6) is 2.02. The monoisotopic (exact) mass is 399 g/mol. The number of furan rings is 1. The molecule has 1 amide bonds. The molecule has 10 heteroatoms. The van der Waals surface area contributed by atoms with Gasteiger partial charge >= 0.3 is 6.09 Å². The first-order valence-electron chi connectivity index (χ1n) is 9.52. The Morgan fingerprint density at radius 2 is 1.93 bits per heavy atom. The van der Waals surface area contributed by atoms with Crippen molar-refractivity contribution in [1.82, 2.24) is 24.5 Å². The molecule has 29 heavy (non-hydrogen) atoms. The highest BCUT2D eigenvalue weighted by molar-refractivity contribution is 5.69. The van der Waals surface area contributed by atoms with Gasteiger partial charge in [0.25, 0.3) is 0 Å². The van der Waals surface area contributed by atoms with Gasteiger partial charge in [0.2, 0.25) is 11.8 Å². The van der Waals surface area contributed by atoms with E-state index in [1.54, 1.807) is 23.3 Å². The van der Waals surface area contributed by atoms with Crippen LogP contribution >= 0.6 is 0 Å². The third kappa shape index (κ3) is 3.69. The van der Waals surface area contributed by atoms with Crippen molar-refractivity contribution in [1.29, 1.82) is 0 Å². The maximum Gasteiger partial charge on any atom is 0.410 e. The maximum atomic E-state index is 12.3. The molecule has 0 unspecified atom stereocenters. The van der Waals surface area contributed by atoms with E-state index in [4.69, 9.17) is 14.9 Å². The van der Waals surface area contributed by atoms with Gasteiger partial charge in [-0.2, -0.15) is 9.50 Å². The number of hydrogen-bond acceptors (Lipinski definition) is 8. The Bertz CT molecular complexity index is 1030. The normalized spacial score (nSPS) is 15.2. The fourth-order valence-corrected chi connectivity index (χ4v) is 3.30. The van der Waals surface area contributed by atoms with Crippen LogP contribution in [0.3, 0.4) is 0 Å². The summed E-state index contributed by atoms with van der Waals surface area (Å²) in [4.78, 5) is 25.2. The molecule has 0 saturated carbocycles. The van der Waals surface area contributed by atoms with Crippen molar-refractivity contribution in [2.75, 3.05) is 36.8 Å². The van der Waals surface area contributed by atoms with Crippen LogP contribution in [0.4, 0.5) is 16.6 Å². The number of nitrogen functional groups attached to an aromatic ring is 1. The third-order valence-corrected chi connectivity index (χ3v) is 4.69. The zero-order valence-corrected chi connectivity index (χ0v) is 17.0. The minimum atomic E-state index is -0.509. The van der Waals surface area contributed by atoms with Gasteiger partial charge in [-0.05, 0) is 39.8 Å².